The van der Waals surface area contributed by atoms with Crippen LogP contribution < -0.4 is 5.32 Å². The molecule has 0 saturated carbocycles. The Balaban J connectivity index is 2.89. The summed E-state index contributed by atoms with van der Waals surface area (Å²) in [4.78, 5) is 11.3. The number of rotatable bonds is 4. The van der Waals surface area contributed by atoms with Crippen molar-refractivity contribution in [1.29, 1.82) is 5.26 Å². The quantitative estimate of drug-likeness (QED) is 0.818. The van der Waals surface area contributed by atoms with E-state index in [1.165, 1.54) is 6.92 Å². The molecule has 114 valence electrons. The van der Waals surface area contributed by atoms with Gasteiger partial charge in [0.1, 0.15) is 5.54 Å². The highest BCUT2D eigenvalue weighted by Gasteiger charge is 2.46. The summed E-state index contributed by atoms with van der Waals surface area (Å²) < 4.78 is 47.9. The highest BCUT2D eigenvalue weighted by molar-refractivity contribution is 7.92. The van der Waals surface area contributed by atoms with Crippen molar-refractivity contribution in [3.05, 3.63) is 29.8 Å². The van der Waals surface area contributed by atoms with Gasteiger partial charge in [-0.1, -0.05) is 0 Å². The van der Waals surface area contributed by atoms with Crippen molar-refractivity contribution in [3.63, 3.8) is 0 Å². The molecular formula is C12H11F3N2O3S. The van der Waals surface area contributed by atoms with Gasteiger partial charge in [0, 0.05) is 5.56 Å². The van der Waals surface area contributed by atoms with Gasteiger partial charge in [0.25, 0.3) is 5.91 Å². The smallest absolute Gasteiger partial charge is 0.578 e. The lowest BCUT2D eigenvalue weighted by Crippen LogP contribution is -2.47. The number of benzene rings is 1. The molecule has 0 fully saturated rings. The summed E-state index contributed by atoms with van der Waals surface area (Å²) in [6, 6.07) is 5.65. The van der Waals surface area contributed by atoms with E-state index >= 15 is 0 Å². The van der Waals surface area contributed by atoms with E-state index in [1.54, 1.807) is 6.07 Å². The molecule has 2 unspecified atom stereocenters. The van der Waals surface area contributed by atoms with E-state index in [4.69, 9.17) is 10.4 Å². The average Bonchev–Trinajstić information content (AvgIpc) is 2.45. The van der Waals surface area contributed by atoms with Crippen LogP contribution >= 0.6 is 0 Å². The number of nitriles is 1. The second-order valence-electron chi connectivity index (χ2n) is 4.29. The lowest BCUT2D eigenvalue weighted by atomic mass is 10.1. The molecule has 21 heavy (non-hydrogen) atoms. The third-order valence-corrected chi connectivity index (χ3v) is 3.61. The Kier molecular flexibility index (Phi) is 5.22. The monoisotopic (exact) mass is 320 g/mol. The number of carbonyl (C=O) groups is 1. The molecule has 2 atom stereocenters. The van der Waals surface area contributed by atoms with Crippen LogP contribution in [-0.2, 0) is 11.2 Å². The Labute approximate surface area is 121 Å². The van der Waals surface area contributed by atoms with E-state index in [0.717, 1.165) is 24.3 Å². The maximum absolute atomic E-state index is 12.3. The third-order valence-electron chi connectivity index (χ3n) is 2.49. The minimum Gasteiger partial charge on any atom is -0.604 e. The molecule has 9 heteroatoms. The first kappa shape index (κ1) is 17.3. The zero-order valence-corrected chi connectivity index (χ0v) is 11.6. The minimum absolute atomic E-state index is 0.0205. The average molecular weight is 320 g/mol. The highest BCUT2D eigenvalue weighted by atomic mass is 32.2. The Bertz CT molecular complexity index is 556. The van der Waals surface area contributed by atoms with Crippen LogP contribution in [0.3, 0.4) is 0 Å². The summed E-state index contributed by atoms with van der Waals surface area (Å²) in [7, 11) is 0. The molecule has 1 rings (SSSR count). The molecule has 0 aliphatic carbocycles. The number of halogens is 3. The Morgan fingerprint density at radius 1 is 1.43 bits per heavy atom. The number of carbonyl (C=O) groups excluding carboxylic acids is 1. The van der Waals surface area contributed by atoms with E-state index in [2.05, 4.69) is 5.32 Å². The summed E-state index contributed by atoms with van der Waals surface area (Å²) in [6.07, 6.45) is 0. The molecule has 2 N–H and O–H groups in total. The summed E-state index contributed by atoms with van der Waals surface area (Å²) >= 11 is -3.17. The van der Waals surface area contributed by atoms with Crippen LogP contribution in [0.15, 0.2) is 29.2 Å². The van der Waals surface area contributed by atoms with Gasteiger partial charge >= 0.3 is 5.51 Å². The summed E-state index contributed by atoms with van der Waals surface area (Å²) in [5.41, 5.74) is -6.39. The van der Waals surface area contributed by atoms with E-state index in [9.17, 15) is 22.5 Å². The zero-order valence-electron chi connectivity index (χ0n) is 10.8. The first-order chi connectivity index (χ1) is 9.63. The fourth-order valence-corrected chi connectivity index (χ4v) is 1.94. The Morgan fingerprint density at radius 2 is 1.95 bits per heavy atom. The van der Waals surface area contributed by atoms with Gasteiger partial charge in [0.05, 0.1) is 23.9 Å². The van der Waals surface area contributed by atoms with E-state index < -0.39 is 39.6 Å². The number of aliphatic hydroxyl groups is 1. The van der Waals surface area contributed by atoms with Gasteiger partial charge in [-0.15, -0.1) is 13.2 Å². The van der Waals surface area contributed by atoms with Crippen molar-refractivity contribution >= 4 is 17.1 Å². The molecule has 1 amide bonds. The van der Waals surface area contributed by atoms with Crippen LogP contribution in [0, 0.1) is 11.3 Å². The van der Waals surface area contributed by atoms with Gasteiger partial charge in [-0.2, -0.15) is 5.26 Å². The Morgan fingerprint density at radius 3 is 2.33 bits per heavy atom. The first-order valence-electron chi connectivity index (χ1n) is 5.56. The number of alkyl halides is 3. The number of hydrogen-bond acceptors (Lipinski definition) is 4. The fraction of sp³-hybridized carbons (Fsp3) is 0.333. The number of hydrogen-bond donors (Lipinski definition) is 2. The molecular weight excluding hydrogens is 309 g/mol. The maximum Gasteiger partial charge on any atom is 0.578 e. The van der Waals surface area contributed by atoms with Crippen molar-refractivity contribution in [2.75, 3.05) is 6.61 Å². The van der Waals surface area contributed by atoms with Crippen LogP contribution in [0.4, 0.5) is 13.2 Å². The molecule has 5 nitrogen and oxygen atoms in total. The zero-order chi connectivity index (χ0) is 16.3. The molecule has 1 aromatic carbocycles. The van der Waals surface area contributed by atoms with Crippen LogP contribution in [0.25, 0.3) is 0 Å². The summed E-state index contributed by atoms with van der Waals surface area (Å²) in [5.74, 6) is -0.738. The van der Waals surface area contributed by atoms with Crippen LogP contribution in [0.2, 0.25) is 0 Å². The molecule has 0 radical (unpaired) electrons. The second kappa shape index (κ2) is 6.34. The standard InChI is InChI=1S/C12H11F3N2O3S/c1-11(6-16,7-18)17-10(19)8-2-4-9(5-3-8)21(20)12(13,14)15/h2-5,18H,7H2,1H3,(H,17,19). The van der Waals surface area contributed by atoms with Gasteiger partial charge in [-0.05, 0) is 31.2 Å². The van der Waals surface area contributed by atoms with Gasteiger partial charge in [-0.3, -0.25) is 4.79 Å². The van der Waals surface area contributed by atoms with Gasteiger partial charge in [0.2, 0.25) is 0 Å². The van der Waals surface area contributed by atoms with E-state index in [-0.39, 0.29) is 5.56 Å². The largest absolute Gasteiger partial charge is 0.604 e. The van der Waals surface area contributed by atoms with E-state index in [0.29, 0.717) is 0 Å². The van der Waals surface area contributed by atoms with Gasteiger partial charge < -0.3 is 15.0 Å². The summed E-state index contributed by atoms with van der Waals surface area (Å²) in [5, 5.41) is 20.0. The lowest BCUT2D eigenvalue weighted by Gasteiger charge is -2.20. The van der Waals surface area contributed by atoms with Gasteiger partial charge in [0.15, 0.2) is 4.90 Å². The fourth-order valence-electron chi connectivity index (χ4n) is 1.29. The minimum atomic E-state index is -4.87. The molecule has 0 bridgehead atoms. The number of amides is 1. The van der Waals surface area contributed by atoms with Crippen molar-refractivity contribution in [2.24, 2.45) is 0 Å². The van der Waals surface area contributed by atoms with Crippen LogP contribution in [0.5, 0.6) is 0 Å². The molecule has 0 heterocycles. The Hall–Kier alpha value is -1.76. The third kappa shape index (κ3) is 4.35. The van der Waals surface area contributed by atoms with Crippen LogP contribution in [0.1, 0.15) is 17.3 Å². The topological polar surface area (TPSA) is 96.2 Å². The highest BCUT2D eigenvalue weighted by Crippen LogP contribution is 2.30. The number of nitrogens with one attached hydrogen (secondary N) is 1. The summed E-state index contributed by atoms with van der Waals surface area (Å²) in [6.45, 7) is 0.670. The van der Waals surface area contributed by atoms with E-state index in [1.807, 2.05) is 0 Å². The molecule has 0 spiro atoms. The predicted molar refractivity (Wildman–Crippen MR) is 67.5 cm³/mol. The molecule has 0 aliphatic rings. The lowest BCUT2D eigenvalue weighted by molar-refractivity contribution is -0.0435. The van der Waals surface area contributed by atoms with Crippen LogP contribution in [-0.4, -0.2) is 33.2 Å². The second-order valence-corrected chi connectivity index (χ2v) is 5.77. The normalized spacial score (nSPS) is 15.7. The van der Waals surface area contributed by atoms with Crippen molar-refractivity contribution < 1.29 is 27.6 Å². The SMILES string of the molecule is CC(C#N)(CO)NC(=O)c1ccc([S+]([O-])C(F)(F)F)cc1. The number of nitrogens with zero attached hydrogens (tertiary/aromatic N) is 1. The van der Waals surface area contributed by atoms with Crippen molar-refractivity contribution in [3.8, 4) is 6.07 Å². The number of aliphatic hydroxyl groups excluding tert-OH is 1. The van der Waals surface area contributed by atoms with Crippen molar-refractivity contribution in [1.82, 2.24) is 5.32 Å². The maximum atomic E-state index is 12.3. The van der Waals surface area contributed by atoms with Gasteiger partial charge in [-0.25, -0.2) is 0 Å². The molecule has 0 aliphatic heterocycles. The van der Waals surface area contributed by atoms with Crippen molar-refractivity contribution in [2.45, 2.75) is 22.9 Å². The predicted octanol–water partition coefficient (Wildman–Crippen LogP) is 1.32. The molecule has 0 aromatic heterocycles. The first-order valence-corrected chi connectivity index (χ1v) is 6.71. The molecule has 0 saturated heterocycles. The molecule has 1 aromatic rings.